The highest BCUT2D eigenvalue weighted by Gasteiger charge is 2.23. The Kier molecular flexibility index (Phi) is 5.09. The van der Waals surface area contributed by atoms with E-state index in [2.05, 4.69) is 11.8 Å². The zero-order valence-corrected chi connectivity index (χ0v) is 11.1. The first-order chi connectivity index (χ1) is 8.01. The summed E-state index contributed by atoms with van der Waals surface area (Å²) >= 11 is 0. The van der Waals surface area contributed by atoms with Crippen molar-refractivity contribution in [2.24, 2.45) is 5.92 Å². The minimum Gasteiger partial charge on any atom is -0.396 e. The lowest BCUT2D eigenvalue weighted by Gasteiger charge is -2.31. The smallest absolute Gasteiger partial charge is 0.126 e. The predicted octanol–water partition coefficient (Wildman–Crippen LogP) is 2.76. The Balaban J connectivity index is 3.09. The highest BCUT2D eigenvalue weighted by Crippen LogP contribution is 2.29. The van der Waals surface area contributed by atoms with E-state index < -0.39 is 0 Å². The van der Waals surface area contributed by atoms with Crippen LogP contribution in [0.2, 0.25) is 0 Å². The van der Waals surface area contributed by atoms with Crippen molar-refractivity contribution in [3.8, 4) is 0 Å². The van der Waals surface area contributed by atoms with Gasteiger partial charge >= 0.3 is 0 Å². The fourth-order valence-corrected chi connectivity index (χ4v) is 2.30. The summed E-state index contributed by atoms with van der Waals surface area (Å²) in [6, 6.07) is 5.32. The molecule has 0 fully saturated rings. The van der Waals surface area contributed by atoms with E-state index in [0.717, 1.165) is 12.0 Å². The molecule has 0 aliphatic heterocycles. The molecule has 1 N–H and O–H groups in total. The van der Waals surface area contributed by atoms with Crippen LogP contribution >= 0.6 is 0 Å². The molecule has 0 aromatic heterocycles. The molecule has 17 heavy (non-hydrogen) atoms. The van der Waals surface area contributed by atoms with Crippen LogP contribution in [0, 0.1) is 18.7 Å². The SMILES string of the molecule is CCC(CO)C(c1ccc(F)c(C)c1)N(C)C. The van der Waals surface area contributed by atoms with Gasteiger partial charge in [0.05, 0.1) is 0 Å². The zero-order valence-electron chi connectivity index (χ0n) is 11.1. The maximum absolute atomic E-state index is 13.3. The molecule has 1 aromatic rings. The van der Waals surface area contributed by atoms with E-state index in [-0.39, 0.29) is 24.4 Å². The minimum atomic E-state index is -0.177. The van der Waals surface area contributed by atoms with E-state index in [4.69, 9.17) is 0 Å². The van der Waals surface area contributed by atoms with Gasteiger partial charge in [0.15, 0.2) is 0 Å². The maximum atomic E-state index is 13.3. The number of aryl methyl sites for hydroxylation is 1. The lowest BCUT2D eigenvalue weighted by Crippen LogP contribution is -2.29. The van der Waals surface area contributed by atoms with Gasteiger partial charge in [-0.3, -0.25) is 0 Å². The van der Waals surface area contributed by atoms with Gasteiger partial charge in [0.25, 0.3) is 0 Å². The van der Waals surface area contributed by atoms with E-state index in [1.807, 2.05) is 26.2 Å². The molecule has 0 saturated carbocycles. The highest BCUT2D eigenvalue weighted by atomic mass is 19.1. The Morgan fingerprint density at radius 2 is 2.00 bits per heavy atom. The second-order valence-electron chi connectivity index (χ2n) is 4.77. The first-order valence-corrected chi connectivity index (χ1v) is 6.04. The van der Waals surface area contributed by atoms with Crippen LogP contribution in [0.3, 0.4) is 0 Å². The summed E-state index contributed by atoms with van der Waals surface area (Å²) in [5.74, 6) is -0.00170. The molecule has 0 saturated heterocycles. The van der Waals surface area contributed by atoms with Crippen molar-refractivity contribution in [3.05, 3.63) is 35.1 Å². The second kappa shape index (κ2) is 6.12. The Labute approximate surface area is 103 Å². The van der Waals surface area contributed by atoms with Gasteiger partial charge in [-0.25, -0.2) is 4.39 Å². The monoisotopic (exact) mass is 239 g/mol. The summed E-state index contributed by atoms with van der Waals surface area (Å²) in [7, 11) is 3.98. The van der Waals surface area contributed by atoms with Crippen LogP contribution in [-0.4, -0.2) is 30.7 Å². The Morgan fingerprint density at radius 1 is 1.35 bits per heavy atom. The van der Waals surface area contributed by atoms with Crippen molar-refractivity contribution < 1.29 is 9.50 Å². The fraction of sp³-hybridized carbons (Fsp3) is 0.571. The number of nitrogens with zero attached hydrogens (tertiary/aromatic N) is 1. The van der Waals surface area contributed by atoms with Crippen molar-refractivity contribution in [2.75, 3.05) is 20.7 Å². The molecule has 2 unspecified atom stereocenters. The van der Waals surface area contributed by atoms with Crippen LogP contribution < -0.4 is 0 Å². The van der Waals surface area contributed by atoms with Crippen molar-refractivity contribution in [2.45, 2.75) is 26.3 Å². The molecule has 0 spiro atoms. The van der Waals surface area contributed by atoms with Crippen LogP contribution in [0.25, 0.3) is 0 Å². The van der Waals surface area contributed by atoms with Crippen LogP contribution in [0.15, 0.2) is 18.2 Å². The molecule has 1 rings (SSSR count). The quantitative estimate of drug-likeness (QED) is 0.854. The van der Waals surface area contributed by atoms with Gasteiger partial charge in [-0.15, -0.1) is 0 Å². The summed E-state index contributed by atoms with van der Waals surface area (Å²) in [4.78, 5) is 2.08. The number of aliphatic hydroxyl groups excluding tert-OH is 1. The first kappa shape index (κ1) is 14.1. The number of benzene rings is 1. The van der Waals surface area contributed by atoms with E-state index in [9.17, 15) is 9.50 Å². The van der Waals surface area contributed by atoms with Gasteiger partial charge in [-0.1, -0.05) is 19.1 Å². The third kappa shape index (κ3) is 3.27. The fourth-order valence-electron chi connectivity index (χ4n) is 2.30. The van der Waals surface area contributed by atoms with E-state index in [0.29, 0.717) is 5.56 Å². The first-order valence-electron chi connectivity index (χ1n) is 6.04. The molecule has 0 heterocycles. The topological polar surface area (TPSA) is 23.5 Å². The van der Waals surface area contributed by atoms with Crippen LogP contribution in [-0.2, 0) is 0 Å². The number of hydrogen-bond donors (Lipinski definition) is 1. The van der Waals surface area contributed by atoms with Gasteiger partial charge < -0.3 is 10.0 Å². The average Bonchev–Trinajstić information content (AvgIpc) is 2.29. The Bertz CT molecular complexity index is 361. The molecule has 0 bridgehead atoms. The Hall–Kier alpha value is -0.930. The molecule has 1 aromatic carbocycles. The molecular weight excluding hydrogens is 217 g/mol. The molecule has 0 amide bonds. The molecule has 0 aliphatic rings. The highest BCUT2D eigenvalue weighted by molar-refractivity contribution is 5.27. The van der Waals surface area contributed by atoms with Gasteiger partial charge in [0.2, 0.25) is 0 Å². The predicted molar refractivity (Wildman–Crippen MR) is 68.4 cm³/mol. The summed E-state index contributed by atoms with van der Waals surface area (Å²) in [5, 5.41) is 9.43. The second-order valence-corrected chi connectivity index (χ2v) is 4.77. The number of hydrogen-bond acceptors (Lipinski definition) is 2. The normalized spacial score (nSPS) is 15.0. The molecule has 3 heteroatoms. The van der Waals surface area contributed by atoms with Crippen molar-refractivity contribution in [1.29, 1.82) is 0 Å². The standard InChI is InChI=1S/C14H22FNO/c1-5-11(9-17)14(16(3)4)12-6-7-13(15)10(2)8-12/h6-8,11,14,17H,5,9H2,1-4H3. The van der Waals surface area contributed by atoms with Crippen LogP contribution in [0.4, 0.5) is 4.39 Å². The summed E-state index contributed by atoms with van der Waals surface area (Å²) in [6.07, 6.45) is 0.899. The number of aliphatic hydroxyl groups is 1. The Morgan fingerprint density at radius 3 is 2.41 bits per heavy atom. The lowest BCUT2D eigenvalue weighted by molar-refractivity contribution is 0.130. The van der Waals surface area contributed by atoms with Crippen molar-refractivity contribution in [1.82, 2.24) is 4.90 Å². The van der Waals surface area contributed by atoms with E-state index in [1.165, 1.54) is 6.07 Å². The van der Waals surface area contributed by atoms with Gasteiger partial charge in [-0.05, 0) is 44.6 Å². The van der Waals surface area contributed by atoms with Crippen LogP contribution in [0.5, 0.6) is 0 Å². The number of halogens is 1. The molecule has 0 radical (unpaired) electrons. The molecule has 2 atom stereocenters. The largest absolute Gasteiger partial charge is 0.396 e. The maximum Gasteiger partial charge on any atom is 0.126 e. The number of rotatable bonds is 5. The van der Waals surface area contributed by atoms with Gasteiger partial charge in [-0.2, -0.15) is 0 Å². The van der Waals surface area contributed by atoms with Crippen molar-refractivity contribution >= 4 is 0 Å². The van der Waals surface area contributed by atoms with Crippen molar-refractivity contribution in [3.63, 3.8) is 0 Å². The lowest BCUT2D eigenvalue weighted by atomic mass is 9.90. The minimum absolute atomic E-state index is 0.129. The molecule has 96 valence electrons. The molecule has 2 nitrogen and oxygen atoms in total. The average molecular weight is 239 g/mol. The summed E-state index contributed by atoms with van der Waals surface area (Å²) in [6.45, 7) is 3.98. The van der Waals surface area contributed by atoms with Gasteiger partial charge in [0.1, 0.15) is 5.82 Å². The van der Waals surface area contributed by atoms with E-state index >= 15 is 0 Å². The molecule has 0 aliphatic carbocycles. The molecular formula is C14H22FNO. The van der Waals surface area contributed by atoms with Crippen LogP contribution in [0.1, 0.15) is 30.5 Å². The summed E-state index contributed by atoms with van der Waals surface area (Å²) in [5.41, 5.74) is 1.72. The summed E-state index contributed by atoms with van der Waals surface area (Å²) < 4.78 is 13.3. The third-order valence-electron chi connectivity index (χ3n) is 3.29. The zero-order chi connectivity index (χ0) is 13.0. The van der Waals surface area contributed by atoms with E-state index in [1.54, 1.807) is 6.92 Å². The van der Waals surface area contributed by atoms with Gasteiger partial charge in [0, 0.05) is 18.6 Å². The third-order valence-corrected chi connectivity index (χ3v) is 3.29.